The Bertz CT molecular complexity index is 2390. The Balaban J connectivity index is 0.00000325. The van der Waals surface area contributed by atoms with Crippen molar-refractivity contribution in [1.29, 1.82) is 0 Å². The number of imidazole rings is 1. The van der Waals surface area contributed by atoms with Crippen LogP contribution >= 0.6 is 0 Å². The van der Waals surface area contributed by atoms with Crippen LogP contribution in [0.5, 0.6) is 11.5 Å². The summed E-state index contributed by atoms with van der Waals surface area (Å²) in [7, 11) is 1.96. The van der Waals surface area contributed by atoms with Gasteiger partial charge in [-0.05, 0) is 47.6 Å². The van der Waals surface area contributed by atoms with Gasteiger partial charge in [0.2, 0.25) is 6.33 Å². The quantitative estimate of drug-likeness (QED) is 0.133. The van der Waals surface area contributed by atoms with Gasteiger partial charge in [0, 0.05) is 61.6 Å². The van der Waals surface area contributed by atoms with Crippen LogP contribution in [0.3, 0.4) is 0 Å². The number of fused-ring (bicyclic) bond motifs is 6. The maximum absolute atomic E-state index is 6.63. The molecule has 0 aliphatic heterocycles. The number of ether oxygens (including phenoxy) is 1. The molecule has 0 saturated heterocycles. The number of rotatable bonds is 4. The molecule has 0 aliphatic carbocycles. The van der Waals surface area contributed by atoms with E-state index in [1.807, 2.05) is 59.8 Å². The molecule has 0 atom stereocenters. The minimum absolute atomic E-state index is 0. The van der Waals surface area contributed by atoms with Gasteiger partial charge in [-0.15, -0.1) is 23.6 Å². The standard InChI is InChI=1S/C38H30N4O2.Pt/c1-24-22-40(5)23-41(24)26-19-31-30-11-7-9-13-34(30)44-37(31)35(20-26)43-27-14-15-29-28-10-6-8-12-32(28)42(33(29)21-27)36-18-25(16-17-39-36)38(2,3)4;/h6-19,22H,1-5H3;/q-2;. The first-order valence-electron chi connectivity index (χ1n) is 14.7. The topological polar surface area (TPSA) is 49.0 Å². The maximum Gasteiger partial charge on any atom is 0.241 e. The van der Waals surface area contributed by atoms with Gasteiger partial charge in [-0.3, -0.25) is 0 Å². The second-order valence-electron chi connectivity index (χ2n) is 12.3. The van der Waals surface area contributed by atoms with Crippen LogP contribution in [0.2, 0.25) is 0 Å². The SMILES string of the molecule is Cc1c[n+](C)[c-]n1-c1[c-]c(Oc2[c-]c3c(cc2)c2ccccc2n3-c2cc(C(C)(C)C)ccn2)c2oc3ccccc3c2c1.[Pt]. The number of aromatic nitrogens is 4. The van der Waals surface area contributed by atoms with E-state index in [9.17, 15) is 0 Å². The van der Waals surface area contributed by atoms with E-state index >= 15 is 0 Å². The molecule has 0 amide bonds. The molecule has 4 heterocycles. The molecule has 6 nitrogen and oxygen atoms in total. The molecule has 8 rings (SSSR count). The Kier molecular flexibility index (Phi) is 6.94. The summed E-state index contributed by atoms with van der Waals surface area (Å²) in [6.45, 7) is 8.69. The van der Waals surface area contributed by atoms with Gasteiger partial charge in [-0.25, -0.2) is 4.98 Å². The Morgan fingerprint density at radius 1 is 0.867 bits per heavy atom. The van der Waals surface area contributed by atoms with Crippen molar-refractivity contribution in [2.45, 2.75) is 33.1 Å². The molecule has 0 fully saturated rings. The van der Waals surface area contributed by atoms with Crippen molar-refractivity contribution in [3.8, 4) is 23.0 Å². The van der Waals surface area contributed by atoms with E-state index in [4.69, 9.17) is 14.1 Å². The minimum atomic E-state index is -0.0141. The second-order valence-corrected chi connectivity index (χ2v) is 12.3. The number of hydrogen-bond acceptors (Lipinski definition) is 3. The molecule has 0 bridgehead atoms. The van der Waals surface area contributed by atoms with Crippen LogP contribution in [0.4, 0.5) is 0 Å². The van der Waals surface area contributed by atoms with Crippen LogP contribution in [0.15, 0.2) is 95.7 Å². The van der Waals surface area contributed by atoms with E-state index in [1.165, 1.54) is 5.56 Å². The Labute approximate surface area is 275 Å². The smallest absolute Gasteiger partial charge is 0.241 e. The van der Waals surface area contributed by atoms with Crippen LogP contribution in [-0.4, -0.2) is 14.1 Å². The molecule has 0 saturated carbocycles. The summed E-state index contributed by atoms with van der Waals surface area (Å²) in [5.74, 6) is 1.89. The van der Waals surface area contributed by atoms with Crippen molar-refractivity contribution in [1.82, 2.24) is 14.1 Å². The molecule has 0 spiro atoms. The second kappa shape index (κ2) is 10.7. The molecule has 0 aliphatic rings. The number of para-hydroxylation sites is 2. The zero-order valence-electron chi connectivity index (χ0n) is 25.6. The molecule has 4 aromatic heterocycles. The summed E-state index contributed by atoms with van der Waals surface area (Å²) in [5, 5.41) is 4.17. The first kappa shape index (κ1) is 29.1. The van der Waals surface area contributed by atoms with E-state index in [-0.39, 0.29) is 26.5 Å². The average Bonchev–Trinajstić information content (AvgIpc) is 3.67. The van der Waals surface area contributed by atoms with E-state index in [1.54, 1.807) is 0 Å². The summed E-state index contributed by atoms with van der Waals surface area (Å²) >= 11 is 0. The van der Waals surface area contributed by atoms with Crippen molar-refractivity contribution >= 4 is 43.7 Å². The van der Waals surface area contributed by atoms with Crippen LogP contribution in [-0.2, 0) is 33.5 Å². The van der Waals surface area contributed by atoms with Crippen molar-refractivity contribution < 1.29 is 34.8 Å². The Morgan fingerprint density at radius 3 is 2.42 bits per heavy atom. The van der Waals surface area contributed by atoms with E-state index in [2.05, 4.69) is 98.4 Å². The molecular weight excluding hydrogens is 740 g/mol. The minimum Gasteiger partial charge on any atom is -0.512 e. The zero-order chi connectivity index (χ0) is 30.2. The number of nitrogens with zero attached hydrogens (tertiary/aromatic N) is 4. The Morgan fingerprint density at radius 2 is 1.64 bits per heavy atom. The first-order valence-corrected chi connectivity index (χ1v) is 14.7. The normalized spacial score (nSPS) is 11.9. The largest absolute Gasteiger partial charge is 0.512 e. The third-order valence-electron chi connectivity index (χ3n) is 8.20. The van der Waals surface area contributed by atoms with Crippen molar-refractivity contribution in [2.75, 3.05) is 0 Å². The number of aryl methyl sites for hydroxylation is 2. The summed E-state index contributed by atoms with van der Waals surface area (Å²) < 4.78 is 19.0. The molecule has 45 heavy (non-hydrogen) atoms. The number of benzene rings is 4. The van der Waals surface area contributed by atoms with E-state index in [0.717, 1.165) is 55.4 Å². The molecule has 0 radical (unpaired) electrons. The maximum atomic E-state index is 6.63. The van der Waals surface area contributed by atoms with Crippen LogP contribution < -0.4 is 9.30 Å². The van der Waals surface area contributed by atoms with Gasteiger partial charge >= 0.3 is 0 Å². The zero-order valence-corrected chi connectivity index (χ0v) is 27.9. The number of pyridine rings is 1. The van der Waals surface area contributed by atoms with Gasteiger partial charge in [-0.1, -0.05) is 73.8 Å². The van der Waals surface area contributed by atoms with Crippen LogP contribution in [0, 0.1) is 25.4 Å². The fraction of sp³-hybridized carbons (Fsp3) is 0.158. The van der Waals surface area contributed by atoms with Crippen molar-refractivity contribution in [2.24, 2.45) is 7.05 Å². The van der Waals surface area contributed by atoms with Gasteiger partial charge in [0.1, 0.15) is 11.4 Å². The molecule has 226 valence electrons. The molecule has 0 unspecified atom stereocenters. The van der Waals surface area contributed by atoms with Crippen molar-refractivity contribution in [3.05, 3.63) is 121 Å². The number of hydrogen-bond donors (Lipinski definition) is 0. The predicted molar refractivity (Wildman–Crippen MR) is 173 cm³/mol. The van der Waals surface area contributed by atoms with Gasteiger partial charge in [-0.2, -0.15) is 12.1 Å². The molecule has 8 aromatic rings. The third-order valence-corrected chi connectivity index (χ3v) is 8.20. The van der Waals surface area contributed by atoms with E-state index in [0.29, 0.717) is 17.1 Å². The summed E-state index contributed by atoms with van der Waals surface area (Å²) in [4.78, 5) is 4.80. The van der Waals surface area contributed by atoms with E-state index < -0.39 is 0 Å². The fourth-order valence-corrected chi connectivity index (χ4v) is 6.05. The van der Waals surface area contributed by atoms with Gasteiger partial charge < -0.3 is 22.9 Å². The molecular formula is C38H30N4O2Pt-2. The molecule has 7 heteroatoms. The number of furan rings is 1. The van der Waals surface area contributed by atoms with Crippen LogP contribution in [0.1, 0.15) is 32.0 Å². The Hall–Kier alpha value is -4.67. The average molecular weight is 770 g/mol. The summed E-state index contributed by atoms with van der Waals surface area (Å²) in [6.07, 6.45) is 7.24. The third kappa shape index (κ3) is 4.85. The first-order chi connectivity index (χ1) is 21.2. The molecule has 0 N–H and O–H groups in total. The predicted octanol–water partition coefficient (Wildman–Crippen LogP) is 8.49. The molecule has 4 aromatic carbocycles. The summed E-state index contributed by atoms with van der Waals surface area (Å²) in [5.41, 5.74) is 6.43. The monoisotopic (exact) mass is 769 g/mol. The van der Waals surface area contributed by atoms with Crippen LogP contribution in [0.25, 0.3) is 55.2 Å². The van der Waals surface area contributed by atoms with Gasteiger partial charge in [0.15, 0.2) is 0 Å². The van der Waals surface area contributed by atoms with Gasteiger partial charge in [0.05, 0.1) is 12.6 Å². The summed E-state index contributed by atoms with van der Waals surface area (Å²) in [6, 6.07) is 33.9. The van der Waals surface area contributed by atoms with Crippen molar-refractivity contribution in [3.63, 3.8) is 0 Å². The fourth-order valence-electron chi connectivity index (χ4n) is 6.05. The van der Waals surface area contributed by atoms with Gasteiger partial charge in [0.25, 0.3) is 0 Å².